The van der Waals surface area contributed by atoms with Crippen LogP contribution in [-0.2, 0) is 16.0 Å². The van der Waals surface area contributed by atoms with Gasteiger partial charge in [-0.25, -0.2) is 0 Å². The first-order valence-corrected chi connectivity index (χ1v) is 7.37. The maximum Gasteiger partial charge on any atom is 0.272 e. The number of nitro groups is 1. The Bertz CT molecular complexity index is 547. The smallest absolute Gasteiger partial charge is 0.272 e. The molecule has 0 radical (unpaired) electrons. The minimum absolute atomic E-state index is 0. The Kier molecular flexibility index (Phi) is 7.41. The lowest BCUT2D eigenvalue weighted by molar-refractivity contribution is -0.385. The van der Waals surface area contributed by atoms with Gasteiger partial charge in [-0.05, 0) is 19.3 Å². The van der Waals surface area contributed by atoms with Crippen LogP contribution in [0.4, 0.5) is 5.69 Å². The predicted molar refractivity (Wildman–Crippen MR) is 88.6 cm³/mol. The summed E-state index contributed by atoms with van der Waals surface area (Å²) in [4.78, 5) is 22.9. The summed E-state index contributed by atoms with van der Waals surface area (Å²) in [6.07, 6.45) is 1.64. The van der Waals surface area contributed by atoms with Gasteiger partial charge < -0.3 is 15.8 Å². The van der Waals surface area contributed by atoms with Gasteiger partial charge in [0.15, 0.2) is 0 Å². The first-order valence-electron chi connectivity index (χ1n) is 7.37. The number of benzene rings is 1. The van der Waals surface area contributed by atoms with E-state index >= 15 is 0 Å². The molecule has 8 heteroatoms. The highest BCUT2D eigenvalue weighted by Gasteiger charge is 2.38. The van der Waals surface area contributed by atoms with Crippen molar-refractivity contribution < 1.29 is 14.5 Å². The van der Waals surface area contributed by atoms with Gasteiger partial charge in [-0.15, -0.1) is 12.4 Å². The van der Waals surface area contributed by atoms with Crippen molar-refractivity contribution in [3.05, 3.63) is 39.9 Å². The van der Waals surface area contributed by atoms with Gasteiger partial charge in [-0.3, -0.25) is 14.9 Å². The lowest BCUT2D eigenvalue weighted by atomic mass is 9.79. The van der Waals surface area contributed by atoms with Crippen LogP contribution >= 0.6 is 12.4 Å². The molecule has 3 N–H and O–H groups in total. The molecule has 7 nitrogen and oxygen atoms in total. The summed E-state index contributed by atoms with van der Waals surface area (Å²) in [5.41, 5.74) is 5.90. The number of carbonyl (C=O) groups is 1. The number of nitro benzene ring substituents is 1. The molecule has 23 heavy (non-hydrogen) atoms. The summed E-state index contributed by atoms with van der Waals surface area (Å²) in [6, 6.07) is 6.56. The van der Waals surface area contributed by atoms with Crippen molar-refractivity contribution in [3.8, 4) is 0 Å². The van der Waals surface area contributed by atoms with E-state index in [0.717, 1.165) is 0 Å². The number of nitrogens with two attached hydrogens (primary N) is 1. The first-order chi connectivity index (χ1) is 10.6. The van der Waals surface area contributed by atoms with Crippen molar-refractivity contribution in [1.82, 2.24) is 5.32 Å². The van der Waals surface area contributed by atoms with E-state index < -0.39 is 10.3 Å². The summed E-state index contributed by atoms with van der Waals surface area (Å²) in [6.45, 7) is 1.71. The van der Waals surface area contributed by atoms with E-state index in [0.29, 0.717) is 44.6 Å². The van der Waals surface area contributed by atoms with Gasteiger partial charge in [0.1, 0.15) is 0 Å². The highest BCUT2D eigenvalue weighted by Crippen LogP contribution is 2.29. The van der Waals surface area contributed by atoms with E-state index in [-0.39, 0.29) is 30.5 Å². The molecule has 1 heterocycles. The maximum absolute atomic E-state index is 12.4. The fraction of sp³-hybridized carbons (Fsp3) is 0.533. The average molecular weight is 344 g/mol. The fourth-order valence-electron chi connectivity index (χ4n) is 2.68. The van der Waals surface area contributed by atoms with Crippen LogP contribution in [0.25, 0.3) is 0 Å². The zero-order valence-corrected chi connectivity index (χ0v) is 13.6. The van der Waals surface area contributed by atoms with Crippen LogP contribution in [0.5, 0.6) is 0 Å². The van der Waals surface area contributed by atoms with E-state index in [1.807, 2.05) is 0 Å². The zero-order chi connectivity index (χ0) is 16.0. The molecule has 0 saturated carbocycles. The first kappa shape index (κ1) is 19.3. The normalized spacial score (nSPS) is 16.2. The number of halogens is 1. The monoisotopic (exact) mass is 343 g/mol. The van der Waals surface area contributed by atoms with Gasteiger partial charge in [-0.1, -0.05) is 18.2 Å². The van der Waals surface area contributed by atoms with Crippen molar-refractivity contribution in [2.75, 3.05) is 26.3 Å². The third-order valence-corrected chi connectivity index (χ3v) is 4.19. The number of carbonyl (C=O) groups excluding carboxylic acids is 1. The number of nitrogens with one attached hydrogen (secondary N) is 1. The summed E-state index contributed by atoms with van der Waals surface area (Å²) in [7, 11) is 0. The van der Waals surface area contributed by atoms with Crippen molar-refractivity contribution >= 4 is 24.0 Å². The van der Waals surface area contributed by atoms with E-state index in [1.165, 1.54) is 6.07 Å². The van der Waals surface area contributed by atoms with Crippen LogP contribution in [0.1, 0.15) is 18.4 Å². The lowest BCUT2D eigenvalue weighted by Gasteiger charge is -2.34. The molecule has 0 unspecified atom stereocenters. The minimum Gasteiger partial charge on any atom is -0.381 e. The van der Waals surface area contributed by atoms with Gasteiger partial charge in [-0.2, -0.15) is 0 Å². The maximum atomic E-state index is 12.4. The minimum atomic E-state index is -0.569. The molecule has 1 aliphatic rings. The summed E-state index contributed by atoms with van der Waals surface area (Å²) >= 11 is 0. The predicted octanol–water partition coefficient (Wildman–Crippen LogP) is 1.43. The molecule has 2 rings (SSSR count). The Morgan fingerprint density at radius 2 is 2.00 bits per heavy atom. The number of para-hydroxylation sites is 1. The van der Waals surface area contributed by atoms with Crippen molar-refractivity contribution in [1.29, 1.82) is 0 Å². The molecular weight excluding hydrogens is 322 g/mol. The quantitative estimate of drug-likeness (QED) is 0.600. The van der Waals surface area contributed by atoms with Gasteiger partial charge in [0.2, 0.25) is 5.91 Å². The van der Waals surface area contributed by atoms with Gasteiger partial charge in [0.25, 0.3) is 5.69 Å². The van der Waals surface area contributed by atoms with Crippen LogP contribution in [0.2, 0.25) is 0 Å². The largest absolute Gasteiger partial charge is 0.381 e. The highest BCUT2D eigenvalue weighted by molar-refractivity contribution is 5.85. The summed E-state index contributed by atoms with van der Waals surface area (Å²) < 4.78 is 5.28. The van der Waals surface area contributed by atoms with E-state index in [9.17, 15) is 14.9 Å². The Morgan fingerprint density at radius 1 is 1.35 bits per heavy atom. The van der Waals surface area contributed by atoms with Crippen molar-refractivity contribution in [2.24, 2.45) is 11.1 Å². The summed E-state index contributed by atoms with van der Waals surface area (Å²) in [5, 5.41) is 13.8. The molecule has 1 aromatic rings. The standard InChI is InChI=1S/C15H21N3O4.ClH/c16-11-15(6-9-22-10-7-15)14(19)17-8-5-12-3-1-2-4-13(12)18(20)21;/h1-4H,5-11,16H2,(H,17,19);1H. The third kappa shape index (κ3) is 4.63. The molecule has 0 aliphatic carbocycles. The molecule has 1 aromatic carbocycles. The Labute approximate surface area is 141 Å². The molecule has 1 amide bonds. The number of hydrogen-bond acceptors (Lipinski definition) is 5. The number of hydrogen-bond donors (Lipinski definition) is 2. The molecule has 128 valence electrons. The van der Waals surface area contributed by atoms with Gasteiger partial charge >= 0.3 is 0 Å². The van der Waals surface area contributed by atoms with Gasteiger partial charge in [0.05, 0.1) is 10.3 Å². The summed E-state index contributed by atoms with van der Waals surface area (Å²) in [5.74, 6) is -0.0862. The molecule has 0 atom stereocenters. The van der Waals surface area contributed by atoms with Crippen molar-refractivity contribution in [3.63, 3.8) is 0 Å². The third-order valence-electron chi connectivity index (χ3n) is 4.19. The fourth-order valence-corrected chi connectivity index (χ4v) is 2.68. The molecule has 1 aliphatic heterocycles. The Balaban J connectivity index is 0.00000264. The van der Waals surface area contributed by atoms with Crippen LogP contribution < -0.4 is 11.1 Å². The molecule has 0 aromatic heterocycles. The van der Waals surface area contributed by atoms with Gasteiger partial charge in [0, 0.05) is 37.9 Å². The van der Waals surface area contributed by atoms with Crippen LogP contribution in [0.3, 0.4) is 0 Å². The Morgan fingerprint density at radius 3 is 2.61 bits per heavy atom. The van der Waals surface area contributed by atoms with E-state index in [4.69, 9.17) is 10.5 Å². The van der Waals surface area contributed by atoms with E-state index in [1.54, 1.807) is 18.2 Å². The molecule has 0 spiro atoms. The van der Waals surface area contributed by atoms with Crippen LogP contribution in [0.15, 0.2) is 24.3 Å². The number of ether oxygens (including phenoxy) is 1. The van der Waals surface area contributed by atoms with E-state index in [2.05, 4.69) is 5.32 Å². The molecular formula is C15H22ClN3O4. The molecule has 0 bridgehead atoms. The molecule has 1 saturated heterocycles. The number of amides is 1. The number of nitrogens with zero attached hydrogens (tertiary/aromatic N) is 1. The second-order valence-electron chi connectivity index (χ2n) is 5.49. The zero-order valence-electron chi connectivity index (χ0n) is 12.8. The second kappa shape index (κ2) is 8.81. The molecule has 1 fully saturated rings. The SMILES string of the molecule is Cl.NCC1(C(=O)NCCc2ccccc2[N+](=O)[O-])CCOCC1. The average Bonchev–Trinajstić information content (AvgIpc) is 2.55. The Hall–Kier alpha value is -1.70. The second-order valence-corrected chi connectivity index (χ2v) is 5.49. The lowest BCUT2D eigenvalue weighted by Crippen LogP contribution is -2.49. The van der Waals surface area contributed by atoms with Crippen LogP contribution in [-0.4, -0.2) is 37.1 Å². The number of rotatable bonds is 6. The van der Waals surface area contributed by atoms with Crippen molar-refractivity contribution in [2.45, 2.75) is 19.3 Å². The highest BCUT2D eigenvalue weighted by atomic mass is 35.5. The van der Waals surface area contributed by atoms with Crippen LogP contribution in [0, 0.1) is 15.5 Å². The topological polar surface area (TPSA) is 107 Å².